The number of aryl methyl sites for hydroxylation is 1. The van der Waals surface area contributed by atoms with E-state index in [4.69, 9.17) is 23.2 Å². The molecule has 2 rings (SSSR count). The number of benzene rings is 1. The summed E-state index contributed by atoms with van der Waals surface area (Å²) in [5, 5.41) is 3.44. The van der Waals surface area contributed by atoms with Crippen LogP contribution < -0.4 is 5.32 Å². The molecular formula is C15H15Cl2N3O. The van der Waals surface area contributed by atoms with E-state index in [1.807, 2.05) is 32.9 Å². The molecule has 6 heteroatoms. The second-order valence-corrected chi connectivity index (χ2v) is 5.78. The van der Waals surface area contributed by atoms with Crippen molar-refractivity contribution in [1.29, 1.82) is 0 Å². The minimum Gasteiger partial charge on any atom is -0.319 e. The first-order valence-electron chi connectivity index (χ1n) is 6.49. The SMILES string of the molecule is Cc1cccc(Cl)c1NC(=O)c1nc(C(C)C)ncc1Cl. The van der Waals surface area contributed by atoms with E-state index in [9.17, 15) is 4.79 Å². The molecule has 0 aliphatic carbocycles. The lowest BCUT2D eigenvalue weighted by Gasteiger charge is -2.11. The topological polar surface area (TPSA) is 54.9 Å². The van der Waals surface area contributed by atoms with E-state index in [1.165, 1.54) is 6.20 Å². The van der Waals surface area contributed by atoms with E-state index in [2.05, 4.69) is 15.3 Å². The zero-order chi connectivity index (χ0) is 15.6. The first-order valence-corrected chi connectivity index (χ1v) is 7.24. The second-order valence-electron chi connectivity index (χ2n) is 4.97. The fourth-order valence-corrected chi connectivity index (χ4v) is 2.23. The Bertz CT molecular complexity index is 666. The Morgan fingerprint density at radius 1 is 1.24 bits per heavy atom. The number of nitrogens with zero attached hydrogens (tertiary/aromatic N) is 2. The standard InChI is InChI=1S/C15H15Cl2N3O/c1-8(2)14-18-7-11(17)13(19-14)15(21)20-12-9(3)5-4-6-10(12)16/h4-8H,1-3H3,(H,20,21). The van der Waals surface area contributed by atoms with Crippen LogP contribution in [0.3, 0.4) is 0 Å². The summed E-state index contributed by atoms with van der Waals surface area (Å²) < 4.78 is 0. The third-order valence-electron chi connectivity index (χ3n) is 2.95. The van der Waals surface area contributed by atoms with Gasteiger partial charge < -0.3 is 5.32 Å². The molecule has 4 nitrogen and oxygen atoms in total. The number of nitrogens with one attached hydrogen (secondary N) is 1. The van der Waals surface area contributed by atoms with Crippen LogP contribution >= 0.6 is 23.2 Å². The normalized spacial score (nSPS) is 10.8. The quantitative estimate of drug-likeness (QED) is 0.906. The van der Waals surface area contributed by atoms with Crippen molar-refractivity contribution in [2.24, 2.45) is 0 Å². The van der Waals surface area contributed by atoms with Crippen LogP contribution in [0.1, 0.15) is 41.6 Å². The summed E-state index contributed by atoms with van der Waals surface area (Å²) in [6.07, 6.45) is 1.44. The van der Waals surface area contributed by atoms with Crippen molar-refractivity contribution in [2.75, 3.05) is 5.32 Å². The number of carbonyl (C=O) groups excluding carboxylic acids is 1. The van der Waals surface area contributed by atoms with E-state index >= 15 is 0 Å². The Balaban J connectivity index is 2.35. The van der Waals surface area contributed by atoms with Gasteiger partial charge in [0.05, 0.1) is 21.9 Å². The van der Waals surface area contributed by atoms with Gasteiger partial charge in [0.2, 0.25) is 0 Å². The lowest BCUT2D eigenvalue weighted by Crippen LogP contribution is -2.17. The molecule has 1 N–H and O–H groups in total. The van der Waals surface area contributed by atoms with E-state index in [1.54, 1.807) is 6.07 Å². The highest BCUT2D eigenvalue weighted by atomic mass is 35.5. The van der Waals surface area contributed by atoms with Crippen molar-refractivity contribution in [3.8, 4) is 0 Å². The first-order chi connectivity index (χ1) is 9.90. The average Bonchev–Trinajstić information content (AvgIpc) is 2.43. The van der Waals surface area contributed by atoms with Gasteiger partial charge in [-0.05, 0) is 18.6 Å². The number of hydrogen-bond acceptors (Lipinski definition) is 3. The molecule has 0 atom stereocenters. The molecule has 21 heavy (non-hydrogen) atoms. The summed E-state index contributed by atoms with van der Waals surface area (Å²) >= 11 is 12.1. The van der Waals surface area contributed by atoms with E-state index in [0.717, 1.165) is 5.56 Å². The maximum Gasteiger partial charge on any atom is 0.275 e. The number of para-hydroxylation sites is 1. The molecule has 1 aromatic carbocycles. The molecule has 110 valence electrons. The van der Waals surface area contributed by atoms with Crippen molar-refractivity contribution in [1.82, 2.24) is 9.97 Å². The molecule has 0 bridgehead atoms. The van der Waals surface area contributed by atoms with Crippen molar-refractivity contribution in [2.45, 2.75) is 26.7 Å². The van der Waals surface area contributed by atoms with Gasteiger partial charge in [-0.15, -0.1) is 0 Å². The van der Waals surface area contributed by atoms with Gasteiger partial charge in [0.15, 0.2) is 5.69 Å². The first kappa shape index (κ1) is 15.7. The second kappa shape index (κ2) is 6.41. The molecular weight excluding hydrogens is 309 g/mol. The van der Waals surface area contributed by atoms with Crippen LogP contribution in [-0.4, -0.2) is 15.9 Å². The van der Waals surface area contributed by atoms with Gasteiger partial charge in [0.25, 0.3) is 5.91 Å². The van der Waals surface area contributed by atoms with Crippen LogP contribution in [0.2, 0.25) is 10.0 Å². The number of halogens is 2. The van der Waals surface area contributed by atoms with E-state index in [0.29, 0.717) is 16.5 Å². The summed E-state index contributed by atoms with van der Waals surface area (Å²) in [7, 11) is 0. The predicted octanol–water partition coefficient (Wildman–Crippen LogP) is 4.47. The van der Waals surface area contributed by atoms with Crippen molar-refractivity contribution in [3.05, 3.63) is 51.5 Å². The molecule has 1 heterocycles. The lowest BCUT2D eigenvalue weighted by molar-refractivity contribution is 0.102. The number of carbonyl (C=O) groups is 1. The third kappa shape index (κ3) is 3.52. The number of amides is 1. The van der Waals surface area contributed by atoms with Gasteiger partial charge in [-0.3, -0.25) is 4.79 Å². The third-order valence-corrected chi connectivity index (χ3v) is 3.55. The Morgan fingerprint density at radius 3 is 2.57 bits per heavy atom. The molecule has 0 aliphatic heterocycles. The largest absolute Gasteiger partial charge is 0.319 e. The summed E-state index contributed by atoms with van der Waals surface area (Å²) in [4.78, 5) is 20.7. The van der Waals surface area contributed by atoms with E-state index in [-0.39, 0.29) is 16.6 Å². The van der Waals surface area contributed by atoms with Crippen LogP contribution in [0, 0.1) is 6.92 Å². The molecule has 0 aliphatic rings. The zero-order valence-corrected chi connectivity index (χ0v) is 13.5. The van der Waals surface area contributed by atoms with Crippen LogP contribution in [0.15, 0.2) is 24.4 Å². The maximum absolute atomic E-state index is 12.4. The summed E-state index contributed by atoms with van der Waals surface area (Å²) in [5.41, 5.74) is 1.57. The molecule has 0 saturated carbocycles. The Morgan fingerprint density at radius 2 is 1.95 bits per heavy atom. The summed E-state index contributed by atoms with van der Waals surface area (Å²) in [6.45, 7) is 5.76. The van der Waals surface area contributed by atoms with E-state index < -0.39 is 5.91 Å². The zero-order valence-electron chi connectivity index (χ0n) is 11.9. The molecule has 1 aromatic heterocycles. The molecule has 0 saturated heterocycles. The average molecular weight is 324 g/mol. The van der Waals surface area contributed by atoms with Crippen LogP contribution in [0.5, 0.6) is 0 Å². The number of aromatic nitrogens is 2. The van der Waals surface area contributed by atoms with Gasteiger partial charge in [0, 0.05) is 5.92 Å². The minimum absolute atomic E-state index is 0.107. The van der Waals surface area contributed by atoms with Gasteiger partial charge in [-0.2, -0.15) is 0 Å². The molecule has 1 amide bonds. The molecule has 0 spiro atoms. The van der Waals surface area contributed by atoms with Crippen LogP contribution in [-0.2, 0) is 0 Å². The Hall–Kier alpha value is -1.65. The monoisotopic (exact) mass is 323 g/mol. The number of anilines is 1. The Kier molecular flexibility index (Phi) is 4.80. The summed E-state index contributed by atoms with van der Waals surface area (Å²) in [6, 6.07) is 5.40. The Labute approximate surface area is 133 Å². The lowest BCUT2D eigenvalue weighted by atomic mass is 10.2. The van der Waals surface area contributed by atoms with Crippen molar-refractivity contribution < 1.29 is 4.79 Å². The maximum atomic E-state index is 12.4. The van der Waals surface area contributed by atoms with Gasteiger partial charge in [-0.25, -0.2) is 9.97 Å². The van der Waals surface area contributed by atoms with Crippen molar-refractivity contribution >= 4 is 34.8 Å². The highest BCUT2D eigenvalue weighted by Crippen LogP contribution is 2.26. The molecule has 0 fully saturated rings. The van der Waals surface area contributed by atoms with Gasteiger partial charge in [0.1, 0.15) is 5.82 Å². The predicted molar refractivity (Wildman–Crippen MR) is 85.3 cm³/mol. The highest BCUT2D eigenvalue weighted by Gasteiger charge is 2.17. The molecule has 0 radical (unpaired) electrons. The smallest absolute Gasteiger partial charge is 0.275 e. The van der Waals surface area contributed by atoms with Crippen LogP contribution in [0.25, 0.3) is 0 Å². The molecule has 0 unspecified atom stereocenters. The number of rotatable bonds is 3. The van der Waals surface area contributed by atoms with Crippen molar-refractivity contribution in [3.63, 3.8) is 0 Å². The summed E-state index contributed by atoms with van der Waals surface area (Å²) in [5.74, 6) is 0.275. The van der Waals surface area contributed by atoms with Crippen LogP contribution in [0.4, 0.5) is 5.69 Å². The number of hydrogen-bond donors (Lipinski definition) is 1. The molecule has 2 aromatic rings. The fraction of sp³-hybridized carbons (Fsp3) is 0.267. The van der Waals surface area contributed by atoms with Gasteiger partial charge in [-0.1, -0.05) is 49.2 Å². The fourth-order valence-electron chi connectivity index (χ4n) is 1.78. The highest BCUT2D eigenvalue weighted by molar-refractivity contribution is 6.35. The minimum atomic E-state index is -0.402. The van der Waals surface area contributed by atoms with Gasteiger partial charge >= 0.3 is 0 Å².